The van der Waals surface area contributed by atoms with E-state index in [1.165, 1.54) is 0 Å². The number of benzene rings is 1. The van der Waals surface area contributed by atoms with Gasteiger partial charge in [0, 0.05) is 0 Å². The first-order valence-corrected chi connectivity index (χ1v) is 4.34. The van der Waals surface area contributed by atoms with Crippen LogP contribution in [0.3, 0.4) is 0 Å². The van der Waals surface area contributed by atoms with E-state index in [2.05, 4.69) is 0 Å². The summed E-state index contributed by atoms with van der Waals surface area (Å²) in [6.45, 7) is 1.12. The van der Waals surface area contributed by atoms with E-state index in [1.807, 2.05) is 0 Å². The third-order valence-electron chi connectivity index (χ3n) is 2.03. The highest BCUT2D eigenvalue weighted by Crippen LogP contribution is 2.39. The third-order valence-corrected chi connectivity index (χ3v) is 2.03. The average molecular weight is 226 g/mol. The number of phenols is 3. The number of hydrogen-bond acceptors (Lipinski definition) is 5. The zero-order chi connectivity index (χ0) is 12.5. The standard InChI is InChI=1S/C10H10O6/c1-4(11)8-5(3-7(13)14)2-6(12)9(15)10(8)16/h2,12,15-16H,3H2,1H3,(H,13,14). The monoisotopic (exact) mass is 226 g/mol. The molecule has 86 valence electrons. The van der Waals surface area contributed by atoms with Crippen LogP contribution in [-0.4, -0.2) is 32.2 Å². The second-order valence-corrected chi connectivity index (χ2v) is 3.25. The summed E-state index contributed by atoms with van der Waals surface area (Å²) >= 11 is 0. The molecule has 6 nitrogen and oxygen atoms in total. The fourth-order valence-corrected chi connectivity index (χ4v) is 1.39. The van der Waals surface area contributed by atoms with E-state index < -0.39 is 35.4 Å². The molecule has 0 saturated carbocycles. The van der Waals surface area contributed by atoms with Gasteiger partial charge in [-0.05, 0) is 18.6 Å². The molecule has 0 heterocycles. The van der Waals surface area contributed by atoms with Crippen molar-refractivity contribution in [1.82, 2.24) is 0 Å². The van der Waals surface area contributed by atoms with Crippen LogP contribution >= 0.6 is 0 Å². The molecule has 0 aliphatic heterocycles. The Morgan fingerprint density at radius 1 is 1.19 bits per heavy atom. The van der Waals surface area contributed by atoms with E-state index in [-0.39, 0.29) is 11.1 Å². The SMILES string of the molecule is CC(=O)c1c(CC(=O)O)cc(O)c(O)c1O. The highest BCUT2D eigenvalue weighted by atomic mass is 16.4. The highest BCUT2D eigenvalue weighted by molar-refractivity contribution is 6.00. The summed E-state index contributed by atoms with van der Waals surface area (Å²) in [5.74, 6) is -4.11. The molecule has 0 aromatic heterocycles. The minimum atomic E-state index is -1.22. The Balaban J connectivity index is 3.46. The van der Waals surface area contributed by atoms with E-state index in [1.54, 1.807) is 0 Å². The van der Waals surface area contributed by atoms with Gasteiger partial charge >= 0.3 is 5.97 Å². The van der Waals surface area contributed by atoms with E-state index in [0.29, 0.717) is 0 Å². The topological polar surface area (TPSA) is 115 Å². The number of ketones is 1. The smallest absolute Gasteiger partial charge is 0.307 e. The van der Waals surface area contributed by atoms with Crippen molar-refractivity contribution in [1.29, 1.82) is 0 Å². The maximum Gasteiger partial charge on any atom is 0.307 e. The normalized spacial score (nSPS) is 10.1. The first kappa shape index (κ1) is 11.8. The summed E-state index contributed by atoms with van der Waals surface area (Å²) in [6, 6.07) is 0.944. The molecular formula is C10H10O6. The first-order valence-electron chi connectivity index (χ1n) is 4.34. The van der Waals surface area contributed by atoms with Crippen molar-refractivity contribution in [2.45, 2.75) is 13.3 Å². The molecule has 4 N–H and O–H groups in total. The Hall–Kier alpha value is -2.24. The molecule has 16 heavy (non-hydrogen) atoms. The molecule has 1 rings (SSSR count). The van der Waals surface area contributed by atoms with Crippen molar-refractivity contribution in [3.8, 4) is 17.2 Å². The van der Waals surface area contributed by atoms with Crippen LogP contribution in [0.15, 0.2) is 6.07 Å². The fourth-order valence-electron chi connectivity index (χ4n) is 1.39. The molecule has 0 spiro atoms. The second kappa shape index (κ2) is 4.09. The number of carbonyl (C=O) groups excluding carboxylic acids is 1. The van der Waals surface area contributed by atoms with E-state index in [0.717, 1.165) is 13.0 Å². The molecule has 0 aliphatic carbocycles. The lowest BCUT2D eigenvalue weighted by Crippen LogP contribution is -2.06. The maximum atomic E-state index is 11.2. The zero-order valence-corrected chi connectivity index (χ0v) is 8.39. The molecule has 0 bridgehead atoms. The van der Waals surface area contributed by atoms with Gasteiger partial charge in [-0.2, -0.15) is 0 Å². The number of hydrogen-bond donors (Lipinski definition) is 4. The van der Waals surface area contributed by atoms with Gasteiger partial charge in [-0.3, -0.25) is 9.59 Å². The third kappa shape index (κ3) is 2.05. The van der Waals surface area contributed by atoms with Crippen LogP contribution in [0, 0.1) is 0 Å². The van der Waals surface area contributed by atoms with Crippen molar-refractivity contribution in [2.75, 3.05) is 0 Å². The van der Waals surface area contributed by atoms with Crippen LogP contribution in [0.2, 0.25) is 0 Å². The molecule has 0 unspecified atom stereocenters. The van der Waals surface area contributed by atoms with Crippen molar-refractivity contribution >= 4 is 11.8 Å². The van der Waals surface area contributed by atoms with Gasteiger partial charge in [-0.1, -0.05) is 0 Å². The van der Waals surface area contributed by atoms with Gasteiger partial charge in [0.15, 0.2) is 17.3 Å². The molecule has 0 atom stereocenters. The van der Waals surface area contributed by atoms with Gasteiger partial charge in [0.1, 0.15) is 0 Å². The predicted octanol–water partition coefficient (Wildman–Crippen LogP) is 0.633. The van der Waals surface area contributed by atoms with Crippen molar-refractivity contribution < 1.29 is 30.0 Å². The van der Waals surface area contributed by atoms with Crippen LogP contribution in [0.5, 0.6) is 17.2 Å². The molecule has 0 radical (unpaired) electrons. The summed E-state index contributed by atoms with van der Waals surface area (Å²) < 4.78 is 0. The van der Waals surface area contributed by atoms with Crippen LogP contribution in [0.25, 0.3) is 0 Å². The number of aliphatic carboxylic acids is 1. The van der Waals surface area contributed by atoms with Gasteiger partial charge in [0.2, 0.25) is 5.75 Å². The van der Waals surface area contributed by atoms with Crippen LogP contribution in [0.1, 0.15) is 22.8 Å². The Labute approximate surface area is 90.4 Å². The van der Waals surface area contributed by atoms with Crippen molar-refractivity contribution in [2.24, 2.45) is 0 Å². The summed E-state index contributed by atoms with van der Waals surface area (Å²) in [7, 11) is 0. The Bertz CT molecular complexity index is 463. The number of phenolic OH excluding ortho intramolecular Hbond substituents is 3. The Morgan fingerprint density at radius 2 is 1.75 bits per heavy atom. The van der Waals surface area contributed by atoms with E-state index in [4.69, 9.17) is 5.11 Å². The quantitative estimate of drug-likeness (QED) is 0.444. The average Bonchev–Trinajstić information content (AvgIpc) is 2.12. The number of rotatable bonds is 3. The highest BCUT2D eigenvalue weighted by Gasteiger charge is 2.21. The van der Waals surface area contributed by atoms with Crippen molar-refractivity contribution in [3.63, 3.8) is 0 Å². The molecular weight excluding hydrogens is 216 g/mol. The molecule has 6 heteroatoms. The van der Waals surface area contributed by atoms with Gasteiger partial charge < -0.3 is 20.4 Å². The van der Waals surface area contributed by atoms with Crippen LogP contribution in [0.4, 0.5) is 0 Å². The Morgan fingerprint density at radius 3 is 2.19 bits per heavy atom. The lowest BCUT2D eigenvalue weighted by atomic mass is 9.99. The lowest BCUT2D eigenvalue weighted by Gasteiger charge is -2.10. The molecule has 1 aromatic carbocycles. The lowest BCUT2D eigenvalue weighted by molar-refractivity contribution is -0.136. The van der Waals surface area contributed by atoms with Gasteiger partial charge in [0.05, 0.1) is 12.0 Å². The summed E-state index contributed by atoms with van der Waals surface area (Å²) in [5.41, 5.74) is -0.342. The predicted molar refractivity (Wildman–Crippen MR) is 52.8 cm³/mol. The van der Waals surface area contributed by atoms with Crippen LogP contribution in [-0.2, 0) is 11.2 Å². The fraction of sp³-hybridized carbons (Fsp3) is 0.200. The molecule has 1 aromatic rings. The minimum Gasteiger partial charge on any atom is -0.504 e. The van der Waals surface area contributed by atoms with Crippen LogP contribution < -0.4 is 0 Å². The Kier molecular flexibility index (Phi) is 3.03. The van der Waals surface area contributed by atoms with Crippen molar-refractivity contribution in [3.05, 3.63) is 17.2 Å². The number of Topliss-reactive ketones (excluding diaryl/α,β-unsaturated/α-hetero) is 1. The molecule has 0 fully saturated rings. The number of carboxylic acid groups (broad SMARTS) is 1. The molecule has 0 aliphatic rings. The minimum absolute atomic E-state index is 0.0483. The zero-order valence-electron chi connectivity index (χ0n) is 8.39. The largest absolute Gasteiger partial charge is 0.504 e. The maximum absolute atomic E-state index is 11.2. The van der Waals surface area contributed by atoms with E-state index >= 15 is 0 Å². The first-order chi connectivity index (χ1) is 7.34. The van der Waals surface area contributed by atoms with Gasteiger partial charge in [-0.15, -0.1) is 0 Å². The second-order valence-electron chi connectivity index (χ2n) is 3.25. The number of carbonyl (C=O) groups is 2. The number of aromatic hydroxyl groups is 3. The summed E-state index contributed by atoms with van der Waals surface area (Å²) in [6.07, 6.45) is -0.531. The number of carboxylic acids is 1. The molecule has 0 amide bonds. The van der Waals surface area contributed by atoms with Gasteiger partial charge in [-0.25, -0.2) is 0 Å². The molecule has 0 saturated heterocycles. The van der Waals surface area contributed by atoms with Gasteiger partial charge in [0.25, 0.3) is 0 Å². The summed E-state index contributed by atoms with van der Waals surface area (Å²) in [5, 5.41) is 36.4. The summed E-state index contributed by atoms with van der Waals surface area (Å²) in [4.78, 5) is 21.7. The van der Waals surface area contributed by atoms with E-state index in [9.17, 15) is 24.9 Å².